The average molecular weight is 420 g/mol. The summed E-state index contributed by atoms with van der Waals surface area (Å²) in [6.07, 6.45) is 1.40. The Morgan fingerprint density at radius 3 is 2.82 bits per heavy atom. The van der Waals surface area contributed by atoms with E-state index in [0.717, 1.165) is 17.4 Å². The molecule has 3 aromatic rings. The van der Waals surface area contributed by atoms with Gasteiger partial charge in [0.15, 0.2) is 5.03 Å². The van der Waals surface area contributed by atoms with Gasteiger partial charge in [0.1, 0.15) is 5.15 Å². The summed E-state index contributed by atoms with van der Waals surface area (Å²) >= 11 is 7.23. The van der Waals surface area contributed by atoms with Gasteiger partial charge in [0.25, 0.3) is 5.56 Å². The van der Waals surface area contributed by atoms with Crippen LogP contribution in [0.5, 0.6) is 0 Å². The maximum atomic E-state index is 11.9. The molecule has 2 aromatic heterocycles. The van der Waals surface area contributed by atoms with Gasteiger partial charge in [-0.1, -0.05) is 41.6 Å². The van der Waals surface area contributed by atoms with Crippen molar-refractivity contribution in [1.82, 2.24) is 30.4 Å². The Bertz CT molecular complexity index is 1140. The summed E-state index contributed by atoms with van der Waals surface area (Å²) in [6, 6.07) is 9.36. The number of rotatable bonds is 6. The smallest absolute Gasteiger partial charge is 0.272 e. The molecule has 1 amide bonds. The van der Waals surface area contributed by atoms with Gasteiger partial charge in [0.05, 0.1) is 28.9 Å². The van der Waals surface area contributed by atoms with E-state index in [1.54, 1.807) is 11.6 Å². The molecule has 2 heterocycles. The standard InChI is InChI=1S/C16H14ClN7O3S/c1-9-11(13(17)24(23-9)10-5-3-2-4-6-10)7-18-20-12(25)8-28-15-14(26)19-16(27)22-21-15/h2-7H,8H2,1H3,(H,20,25)(H2,19,22,26,27). The molecule has 0 radical (unpaired) electrons. The summed E-state index contributed by atoms with van der Waals surface area (Å²) in [4.78, 5) is 36.3. The molecule has 3 N–H and O–H groups in total. The summed E-state index contributed by atoms with van der Waals surface area (Å²) in [5.74, 6) is -0.576. The fraction of sp³-hybridized carbons (Fsp3) is 0.125. The Balaban J connectivity index is 1.63. The number of nitrogens with one attached hydrogen (secondary N) is 3. The third kappa shape index (κ3) is 4.56. The van der Waals surface area contributed by atoms with Gasteiger partial charge in [-0.05, 0) is 19.1 Å². The first-order chi connectivity index (χ1) is 13.5. The van der Waals surface area contributed by atoms with Crippen LogP contribution in [0.4, 0.5) is 0 Å². The van der Waals surface area contributed by atoms with Crippen molar-refractivity contribution in [1.29, 1.82) is 0 Å². The van der Waals surface area contributed by atoms with E-state index in [1.807, 2.05) is 35.3 Å². The predicted molar refractivity (Wildman–Crippen MR) is 105 cm³/mol. The van der Waals surface area contributed by atoms with Crippen LogP contribution in [-0.4, -0.2) is 42.8 Å². The first kappa shape index (κ1) is 19.6. The van der Waals surface area contributed by atoms with Crippen molar-refractivity contribution in [2.45, 2.75) is 11.9 Å². The van der Waals surface area contributed by atoms with Gasteiger partial charge in [-0.15, -0.1) is 0 Å². The van der Waals surface area contributed by atoms with E-state index in [0.29, 0.717) is 16.4 Å². The lowest BCUT2D eigenvalue weighted by Gasteiger charge is -2.02. The number of benzene rings is 1. The van der Waals surface area contributed by atoms with Gasteiger partial charge in [-0.3, -0.25) is 14.6 Å². The van der Waals surface area contributed by atoms with Crippen molar-refractivity contribution >= 4 is 35.5 Å². The Kier molecular flexibility index (Phi) is 6.06. The molecule has 144 valence electrons. The van der Waals surface area contributed by atoms with Gasteiger partial charge < -0.3 is 0 Å². The van der Waals surface area contributed by atoms with Crippen LogP contribution in [0.1, 0.15) is 11.3 Å². The number of para-hydroxylation sites is 1. The number of hydrogen-bond acceptors (Lipinski definition) is 7. The summed E-state index contributed by atoms with van der Waals surface area (Å²) in [5, 5.41) is 14.2. The summed E-state index contributed by atoms with van der Waals surface area (Å²) in [5.41, 5.74) is 2.97. The molecule has 10 nitrogen and oxygen atoms in total. The fourth-order valence-corrected chi connectivity index (χ4v) is 3.11. The van der Waals surface area contributed by atoms with Crippen molar-refractivity contribution in [2.24, 2.45) is 5.10 Å². The van der Waals surface area contributed by atoms with Crippen LogP contribution in [0.15, 0.2) is 50.0 Å². The van der Waals surface area contributed by atoms with Crippen LogP contribution in [0.2, 0.25) is 5.15 Å². The zero-order valence-corrected chi connectivity index (χ0v) is 16.0. The second kappa shape index (κ2) is 8.67. The quantitative estimate of drug-likeness (QED) is 0.307. The first-order valence-electron chi connectivity index (χ1n) is 7.90. The molecule has 0 bridgehead atoms. The molecule has 0 saturated heterocycles. The molecule has 0 atom stereocenters. The summed E-state index contributed by atoms with van der Waals surface area (Å²) in [6.45, 7) is 1.78. The number of nitrogens with zero attached hydrogens (tertiary/aromatic N) is 4. The van der Waals surface area contributed by atoms with E-state index >= 15 is 0 Å². The number of amides is 1. The molecule has 0 spiro atoms. The molecule has 1 aromatic carbocycles. The Morgan fingerprint density at radius 1 is 1.36 bits per heavy atom. The first-order valence-corrected chi connectivity index (χ1v) is 9.26. The number of aryl methyl sites for hydroxylation is 1. The number of hydrogen-bond donors (Lipinski definition) is 3. The maximum absolute atomic E-state index is 11.9. The van der Waals surface area contributed by atoms with Crippen LogP contribution < -0.4 is 16.7 Å². The molecule has 0 unspecified atom stereocenters. The monoisotopic (exact) mass is 419 g/mol. The maximum Gasteiger partial charge on any atom is 0.342 e. The molecule has 0 saturated carbocycles. The minimum absolute atomic E-state index is 0.0262. The highest BCUT2D eigenvalue weighted by Gasteiger charge is 2.13. The van der Waals surface area contributed by atoms with Gasteiger partial charge >= 0.3 is 5.69 Å². The highest BCUT2D eigenvalue weighted by Crippen LogP contribution is 2.21. The third-order valence-electron chi connectivity index (χ3n) is 3.45. The van der Waals surface area contributed by atoms with Crippen LogP contribution in [-0.2, 0) is 4.79 Å². The lowest BCUT2D eigenvalue weighted by molar-refractivity contribution is -0.118. The Labute approximate surface area is 167 Å². The van der Waals surface area contributed by atoms with Crippen molar-refractivity contribution < 1.29 is 4.79 Å². The van der Waals surface area contributed by atoms with E-state index in [-0.39, 0.29) is 10.8 Å². The van der Waals surface area contributed by atoms with Crippen molar-refractivity contribution in [3.05, 3.63) is 67.6 Å². The largest absolute Gasteiger partial charge is 0.342 e. The fourth-order valence-electron chi connectivity index (χ4n) is 2.17. The average Bonchev–Trinajstić information content (AvgIpc) is 2.96. The SMILES string of the molecule is Cc1nn(-c2ccccc2)c(Cl)c1C=NNC(=O)CSc1n[nH]c(=O)[nH]c1=O. The minimum Gasteiger partial charge on any atom is -0.272 e. The predicted octanol–water partition coefficient (Wildman–Crippen LogP) is 0.848. The molecule has 0 aliphatic rings. The summed E-state index contributed by atoms with van der Waals surface area (Å²) < 4.78 is 1.57. The number of aromatic nitrogens is 5. The second-order valence-electron chi connectivity index (χ2n) is 5.43. The zero-order valence-electron chi connectivity index (χ0n) is 14.5. The number of carbonyl (C=O) groups is 1. The molecule has 0 aliphatic carbocycles. The number of carbonyl (C=O) groups excluding carboxylic acids is 1. The molecule has 0 fully saturated rings. The van der Waals surface area contributed by atoms with E-state index in [2.05, 4.69) is 25.8 Å². The Morgan fingerprint density at radius 2 is 2.11 bits per heavy atom. The lowest BCUT2D eigenvalue weighted by atomic mass is 10.3. The van der Waals surface area contributed by atoms with E-state index in [1.165, 1.54) is 6.21 Å². The molecular weight excluding hydrogens is 406 g/mol. The van der Waals surface area contributed by atoms with E-state index in [4.69, 9.17) is 11.6 Å². The molecular formula is C16H14ClN7O3S. The number of aromatic amines is 2. The molecule has 3 rings (SSSR count). The Hall–Kier alpha value is -3.18. The van der Waals surface area contributed by atoms with Crippen molar-refractivity contribution in [3.8, 4) is 5.69 Å². The number of halogens is 1. The van der Waals surface area contributed by atoms with Crippen molar-refractivity contribution in [3.63, 3.8) is 0 Å². The van der Waals surface area contributed by atoms with Gasteiger partial charge in [0.2, 0.25) is 5.91 Å². The molecule has 12 heteroatoms. The highest BCUT2D eigenvalue weighted by molar-refractivity contribution is 7.99. The highest BCUT2D eigenvalue weighted by atomic mass is 35.5. The lowest BCUT2D eigenvalue weighted by Crippen LogP contribution is -2.26. The van der Waals surface area contributed by atoms with Crippen LogP contribution >= 0.6 is 23.4 Å². The normalized spacial score (nSPS) is 11.1. The van der Waals surface area contributed by atoms with Crippen LogP contribution in [0.3, 0.4) is 0 Å². The van der Waals surface area contributed by atoms with E-state index < -0.39 is 17.2 Å². The van der Waals surface area contributed by atoms with Gasteiger partial charge in [-0.2, -0.15) is 15.3 Å². The van der Waals surface area contributed by atoms with Crippen molar-refractivity contribution in [2.75, 3.05) is 5.75 Å². The van der Waals surface area contributed by atoms with Crippen LogP contribution in [0, 0.1) is 6.92 Å². The number of hydrazone groups is 1. The molecule has 28 heavy (non-hydrogen) atoms. The van der Waals surface area contributed by atoms with Crippen LogP contribution in [0.25, 0.3) is 5.69 Å². The van der Waals surface area contributed by atoms with Gasteiger partial charge in [0, 0.05) is 0 Å². The zero-order chi connectivity index (χ0) is 20.1. The van der Waals surface area contributed by atoms with Gasteiger partial charge in [-0.25, -0.2) is 20.0 Å². The minimum atomic E-state index is -0.716. The third-order valence-corrected chi connectivity index (χ3v) is 4.77. The summed E-state index contributed by atoms with van der Waals surface area (Å²) in [7, 11) is 0. The van der Waals surface area contributed by atoms with E-state index in [9.17, 15) is 14.4 Å². The second-order valence-corrected chi connectivity index (χ2v) is 6.75. The number of H-pyrrole nitrogens is 2. The number of thioether (sulfide) groups is 1. The topological polar surface area (TPSA) is 138 Å². The molecule has 0 aliphatic heterocycles.